The number of ether oxygens (including phenoxy) is 1. The third-order valence-corrected chi connectivity index (χ3v) is 3.11. The second-order valence-electron chi connectivity index (χ2n) is 4.85. The number of hydrogen-bond donors (Lipinski definition) is 4. The van der Waals surface area contributed by atoms with E-state index in [1.807, 2.05) is 6.92 Å². The zero-order chi connectivity index (χ0) is 15.8. The number of nitrogen functional groups attached to an aromatic ring is 1. The van der Waals surface area contributed by atoms with Crippen molar-refractivity contribution in [2.24, 2.45) is 0 Å². The fraction of sp³-hybridized carbons (Fsp3) is 0.692. The summed E-state index contributed by atoms with van der Waals surface area (Å²) >= 11 is 0. The van der Waals surface area contributed by atoms with Crippen LogP contribution in [0, 0.1) is 0 Å². The van der Waals surface area contributed by atoms with Crippen LogP contribution in [0.4, 0.5) is 11.5 Å². The normalized spacial score (nSPS) is 12.3. The van der Waals surface area contributed by atoms with Crippen molar-refractivity contribution in [1.82, 2.24) is 9.55 Å². The van der Waals surface area contributed by atoms with Crippen LogP contribution in [-0.2, 0) is 11.3 Å². The van der Waals surface area contributed by atoms with Gasteiger partial charge in [0, 0.05) is 20.2 Å². The molecule has 120 valence electrons. The van der Waals surface area contributed by atoms with Gasteiger partial charge >= 0.3 is 5.69 Å². The Balaban J connectivity index is 2.82. The summed E-state index contributed by atoms with van der Waals surface area (Å²) in [4.78, 5) is 25.8. The average Bonchev–Trinajstić information content (AvgIpc) is 2.42. The molecule has 8 nitrogen and oxygen atoms in total. The van der Waals surface area contributed by atoms with Crippen LogP contribution >= 0.6 is 0 Å². The zero-order valence-corrected chi connectivity index (χ0v) is 12.5. The highest BCUT2D eigenvalue weighted by Gasteiger charge is 2.12. The largest absolute Gasteiger partial charge is 0.391 e. The number of nitrogens with two attached hydrogens (primary N) is 1. The molecular formula is C13H24N4O4. The number of aromatic nitrogens is 2. The Morgan fingerprint density at radius 1 is 1.48 bits per heavy atom. The van der Waals surface area contributed by atoms with Gasteiger partial charge < -0.3 is 20.9 Å². The molecule has 8 heteroatoms. The molecule has 1 unspecified atom stereocenters. The fourth-order valence-electron chi connectivity index (χ4n) is 1.94. The molecule has 0 aromatic carbocycles. The predicted octanol–water partition coefficient (Wildman–Crippen LogP) is -0.272. The van der Waals surface area contributed by atoms with Gasteiger partial charge in [-0.3, -0.25) is 14.3 Å². The van der Waals surface area contributed by atoms with Gasteiger partial charge in [0.1, 0.15) is 11.5 Å². The Morgan fingerprint density at radius 3 is 2.81 bits per heavy atom. The molecule has 0 saturated carbocycles. The van der Waals surface area contributed by atoms with Crippen LogP contribution in [0.2, 0.25) is 0 Å². The van der Waals surface area contributed by atoms with Crippen LogP contribution in [0.1, 0.15) is 26.2 Å². The summed E-state index contributed by atoms with van der Waals surface area (Å²) < 4.78 is 6.16. The zero-order valence-electron chi connectivity index (χ0n) is 12.5. The van der Waals surface area contributed by atoms with Gasteiger partial charge in [-0.15, -0.1) is 0 Å². The lowest BCUT2D eigenvalue weighted by atomic mass is 10.2. The molecule has 1 aromatic heterocycles. The number of hydrogen-bond acceptors (Lipinski definition) is 6. The number of nitrogens with one attached hydrogen (secondary N) is 2. The van der Waals surface area contributed by atoms with Crippen molar-refractivity contribution in [2.75, 3.05) is 31.3 Å². The number of aromatic amines is 1. The summed E-state index contributed by atoms with van der Waals surface area (Å²) in [5, 5.41) is 12.4. The number of rotatable bonds is 9. The first-order valence-electron chi connectivity index (χ1n) is 7.04. The number of nitrogens with zero attached hydrogens (tertiary/aromatic N) is 1. The Bertz CT molecular complexity index is 552. The quantitative estimate of drug-likeness (QED) is 0.498. The maximum atomic E-state index is 11.8. The number of anilines is 2. The van der Waals surface area contributed by atoms with Gasteiger partial charge in [0.25, 0.3) is 5.56 Å². The number of unbranched alkanes of at least 4 members (excludes halogenated alkanes) is 1. The minimum Gasteiger partial charge on any atom is -0.391 e. The summed E-state index contributed by atoms with van der Waals surface area (Å²) in [6, 6.07) is 0. The van der Waals surface area contributed by atoms with Crippen molar-refractivity contribution >= 4 is 11.5 Å². The topological polar surface area (TPSA) is 122 Å². The van der Waals surface area contributed by atoms with Gasteiger partial charge in [-0.05, 0) is 12.8 Å². The van der Waals surface area contributed by atoms with Gasteiger partial charge in [-0.1, -0.05) is 13.3 Å². The molecule has 1 aromatic rings. The van der Waals surface area contributed by atoms with Crippen molar-refractivity contribution in [1.29, 1.82) is 0 Å². The van der Waals surface area contributed by atoms with Gasteiger partial charge in [-0.25, -0.2) is 4.79 Å². The lowest BCUT2D eigenvalue weighted by Gasteiger charge is -2.14. The van der Waals surface area contributed by atoms with Crippen LogP contribution in [0.15, 0.2) is 9.59 Å². The van der Waals surface area contributed by atoms with E-state index in [9.17, 15) is 14.7 Å². The van der Waals surface area contributed by atoms with Crippen LogP contribution < -0.4 is 22.3 Å². The molecule has 5 N–H and O–H groups in total. The highest BCUT2D eigenvalue weighted by Crippen LogP contribution is 2.11. The standard InChI is InChI=1S/C13H24N4O4/c1-3-4-7-17-11(14)10(12(19)16-13(17)20)15-6-5-9(18)8-21-2/h9,15,18H,3-8,14H2,1-2H3,(H,16,19,20). The highest BCUT2D eigenvalue weighted by atomic mass is 16.5. The van der Waals surface area contributed by atoms with Crippen molar-refractivity contribution in [3.8, 4) is 0 Å². The molecule has 0 spiro atoms. The second-order valence-corrected chi connectivity index (χ2v) is 4.85. The Morgan fingerprint density at radius 2 is 2.19 bits per heavy atom. The van der Waals surface area contributed by atoms with Crippen LogP contribution in [0.3, 0.4) is 0 Å². The summed E-state index contributed by atoms with van der Waals surface area (Å²) in [6.07, 6.45) is 1.49. The molecule has 1 heterocycles. The van der Waals surface area contributed by atoms with Gasteiger partial charge in [0.05, 0.1) is 12.7 Å². The minimum absolute atomic E-state index is 0.124. The number of methoxy groups -OCH3 is 1. The second kappa shape index (κ2) is 8.48. The van der Waals surface area contributed by atoms with E-state index in [-0.39, 0.29) is 18.1 Å². The van der Waals surface area contributed by atoms with Crippen LogP contribution in [0.25, 0.3) is 0 Å². The summed E-state index contributed by atoms with van der Waals surface area (Å²) in [5.74, 6) is 0.124. The molecule has 0 fully saturated rings. The third-order valence-electron chi connectivity index (χ3n) is 3.11. The van der Waals surface area contributed by atoms with Crippen LogP contribution in [0.5, 0.6) is 0 Å². The van der Waals surface area contributed by atoms with E-state index in [0.717, 1.165) is 12.8 Å². The third kappa shape index (κ3) is 4.91. The van der Waals surface area contributed by atoms with Gasteiger partial charge in [0.2, 0.25) is 0 Å². The first kappa shape index (κ1) is 17.3. The summed E-state index contributed by atoms with van der Waals surface area (Å²) in [6.45, 7) is 3.04. The van der Waals surface area contributed by atoms with Crippen LogP contribution in [-0.4, -0.2) is 41.0 Å². The molecule has 1 atom stereocenters. The smallest absolute Gasteiger partial charge is 0.330 e. The molecule has 0 saturated heterocycles. The molecule has 0 radical (unpaired) electrons. The SMILES string of the molecule is CCCCn1c(N)c(NCCC(O)COC)c(=O)[nH]c1=O. The summed E-state index contributed by atoms with van der Waals surface area (Å²) in [7, 11) is 1.50. The highest BCUT2D eigenvalue weighted by molar-refractivity contribution is 5.60. The molecular weight excluding hydrogens is 276 g/mol. The summed E-state index contributed by atoms with van der Waals surface area (Å²) in [5.41, 5.74) is 5.00. The van der Waals surface area contributed by atoms with E-state index < -0.39 is 17.4 Å². The van der Waals surface area contributed by atoms with Gasteiger partial charge in [0.15, 0.2) is 0 Å². The number of aliphatic hydroxyl groups excluding tert-OH is 1. The molecule has 0 aliphatic heterocycles. The van der Waals surface area contributed by atoms with E-state index in [1.165, 1.54) is 11.7 Å². The van der Waals surface area contributed by atoms with Gasteiger partial charge in [-0.2, -0.15) is 0 Å². The fourth-order valence-corrected chi connectivity index (χ4v) is 1.94. The Kier molecular flexibility index (Phi) is 6.97. The van der Waals surface area contributed by atoms with E-state index in [1.54, 1.807) is 0 Å². The number of H-pyrrole nitrogens is 1. The van der Waals surface area contributed by atoms with E-state index in [4.69, 9.17) is 10.5 Å². The molecule has 0 aliphatic rings. The van der Waals surface area contributed by atoms with Crippen molar-refractivity contribution in [3.63, 3.8) is 0 Å². The Labute approximate surface area is 122 Å². The van der Waals surface area contributed by atoms with Crippen molar-refractivity contribution < 1.29 is 9.84 Å². The predicted molar refractivity (Wildman–Crippen MR) is 81.6 cm³/mol. The maximum Gasteiger partial charge on any atom is 0.330 e. The molecule has 0 amide bonds. The van der Waals surface area contributed by atoms with E-state index >= 15 is 0 Å². The first-order chi connectivity index (χ1) is 10.0. The molecule has 21 heavy (non-hydrogen) atoms. The lowest BCUT2D eigenvalue weighted by molar-refractivity contribution is 0.0615. The minimum atomic E-state index is -0.617. The maximum absolute atomic E-state index is 11.8. The Hall–Kier alpha value is -1.80. The van der Waals surface area contributed by atoms with E-state index in [2.05, 4.69) is 10.3 Å². The first-order valence-corrected chi connectivity index (χ1v) is 7.04. The van der Waals surface area contributed by atoms with E-state index in [0.29, 0.717) is 19.5 Å². The molecule has 0 bridgehead atoms. The lowest BCUT2D eigenvalue weighted by Crippen LogP contribution is -2.34. The molecule has 1 rings (SSSR count). The number of aliphatic hydroxyl groups is 1. The average molecular weight is 300 g/mol. The van der Waals surface area contributed by atoms with Crippen molar-refractivity contribution in [3.05, 3.63) is 20.8 Å². The van der Waals surface area contributed by atoms with Crippen molar-refractivity contribution in [2.45, 2.75) is 38.8 Å². The molecule has 0 aliphatic carbocycles. The monoisotopic (exact) mass is 300 g/mol.